The van der Waals surface area contributed by atoms with Gasteiger partial charge in [-0.05, 0) is 75.5 Å². The molecule has 1 N–H and O–H groups in total. The van der Waals surface area contributed by atoms with Gasteiger partial charge in [0.2, 0.25) is 11.8 Å². The van der Waals surface area contributed by atoms with E-state index >= 15 is 0 Å². The first-order chi connectivity index (χ1) is 13.4. The lowest BCUT2D eigenvalue weighted by Gasteiger charge is -2.59. The average molecular weight is 407 g/mol. The second-order valence-electron chi connectivity index (χ2n) is 9.07. The van der Waals surface area contributed by atoms with Crippen LogP contribution in [0.3, 0.4) is 0 Å². The fourth-order valence-electron chi connectivity index (χ4n) is 6.28. The molecule has 5 fully saturated rings. The normalized spacial score (nSPS) is 36.1. The molecule has 154 valence electrons. The largest absolute Gasteiger partial charge is 0.463 e. The zero-order valence-corrected chi connectivity index (χ0v) is 17.6. The van der Waals surface area contributed by atoms with Crippen molar-refractivity contribution in [3.8, 4) is 0 Å². The van der Waals surface area contributed by atoms with Gasteiger partial charge in [0.15, 0.2) is 0 Å². The number of carbonyl (C=O) groups excluding carboxylic acids is 3. The van der Waals surface area contributed by atoms with Crippen molar-refractivity contribution in [2.75, 3.05) is 18.9 Å². The molecule has 0 aromatic carbocycles. The lowest BCUT2D eigenvalue weighted by Crippen LogP contribution is -2.56. The Morgan fingerprint density at radius 1 is 1.25 bits per heavy atom. The molecule has 1 atom stereocenters. The lowest BCUT2D eigenvalue weighted by molar-refractivity contribution is -0.137. The van der Waals surface area contributed by atoms with Gasteiger partial charge in [0.25, 0.3) is 0 Å². The van der Waals surface area contributed by atoms with Gasteiger partial charge in [-0.15, -0.1) is 0 Å². The summed E-state index contributed by atoms with van der Waals surface area (Å²) in [5.41, 5.74) is 0.234. The minimum atomic E-state index is -0.480. The van der Waals surface area contributed by atoms with Gasteiger partial charge >= 0.3 is 5.97 Å². The summed E-state index contributed by atoms with van der Waals surface area (Å²) >= 11 is 1.28. The van der Waals surface area contributed by atoms with E-state index in [1.807, 2.05) is 0 Å². The van der Waals surface area contributed by atoms with Crippen LogP contribution in [0.25, 0.3) is 0 Å². The number of carbonyl (C=O) groups is 3. The first kappa shape index (κ1) is 19.8. The molecule has 4 aliphatic carbocycles. The molecule has 0 spiro atoms. The van der Waals surface area contributed by atoms with Crippen molar-refractivity contribution in [1.29, 1.82) is 0 Å². The molecule has 5 rings (SSSR count). The van der Waals surface area contributed by atoms with E-state index in [1.165, 1.54) is 61.3 Å². The molecule has 1 unspecified atom stereocenters. The highest BCUT2D eigenvalue weighted by Gasteiger charge is 2.53. The Labute approximate surface area is 170 Å². The van der Waals surface area contributed by atoms with E-state index in [0.717, 1.165) is 17.8 Å². The molecule has 1 saturated heterocycles. The molecule has 4 saturated carbocycles. The highest BCUT2D eigenvalue weighted by atomic mass is 32.2. The molecule has 6 nitrogen and oxygen atoms in total. The molecule has 2 amide bonds. The van der Waals surface area contributed by atoms with Crippen LogP contribution >= 0.6 is 11.8 Å². The summed E-state index contributed by atoms with van der Waals surface area (Å²) in [7, 11) is 0. The third kappa shape index (κ3) is 3.82. The minimum Gasteiger partial charge on any atom is -0.463 e. The molecule has 0 radical (unpaired) electrons. The van der Waals surface area contributed by atoms with Gasteiger partial charge in [0.1, 0.15) is 6.54 Å². The standard InChI is InChI=1S/C21H30N2O4S/c1-3-27-20(26)7-19-23(18(25)12-28-19)11-17(24)22-13(2)21-8-14-4-15(9-21)6-16(5-14)10-21/h7,13-16H,3-6,8-12H2,1-2H3,(H,22,24)/b19-7-. The molecular formula is C21H30N2O4S. The molecule has 1 aliphatic heterocycles. The molecule has 4 bridgehead atoms. The van der Waals surface area contributed by atoms with Gasteiger partial charge in [-0.2, -0.15) is 0 Å². The zero-order chi connectivity index (χ0) is 19.9. The Balaban J connectivity index is 1.38. The summed E-state index contributed by atoms with van der Waals surface area (Å²) in [5.74, 6) is 1.99. The minimum absolute atomic E-state index is 0.0340. The van der Waals surface area contributed by atoms with Crippen molar-refractivity contribution in [3.05, 3.63) is 11.1 Å². The molecular weight excluding hydrogens is 376 g/mol. The number of nitrogens with zero attached hydrogens (tertiary/aromatic N) is 1. The van der Waals surface area contributed by atoms with Crippen molar-refractivity contribution in [3.63, 3.8) is 0 Å². The van der Waals surface area contributed by atoms with Gasteiger partial charge in [-0.3, -0.25) is 14.5 Å². The van der Waals surface area contributed by atoms with Gasteiger partial charge in [0.05, 0.1) is 23.5 Å². The van der Waals surface area contributed by atoms with Gasteiger partial charge in [0, 0.05) is 6.04 Å². The van der Waals surface area contributed by atoms with E-state index in [0.29, 0.717) is 5.03 Å². The SMILES string of the molecule is CCOC(=O)/C=C1\SCC(=O)N1CC(=O)NC(C)C12CC3CC(CC(C3)C1)C2. The maximum absolute atomic E-state index is 12.7. The lowest BCUT2D eigenvalue weighted by atomic mass is 9.48. The summed E-state index contributed by atoms with van der Waals surface area (Å²) < 4.78 is 4.93. The third-order valence-corrected chi connectivity index (χ3v) is 8.15. The number of thioether (sulfide) groups is 1. The zero-order valence-electron chi connectivity index (χ0n) is 16.7. The van der Waals surface area contributed by atoms with E-state index < -0.39 is 5.97 Å². The Hall–Kier alpha value is -1.50. The molecule has 28 heavy (non-hydrogen) atoms. The Morgan fingerprint density at radius 3 is 2.43 bits per heavy atom. The molecule has 1 heterocycles. The van der Waals surface area contributed by atoms with E-state index in [4.69, 9.17) is 4.74 Å². The number of ether oxygens (including phenoxy) is 1. The maximum atomic E-state index is 12.7. The first-order valence-electron chi connectivity index (χ1n) is 10.5. The van der Waals surface area contributed by atoms with Crippen molar-refractivity contribution >= 4 is 29.5 Å². The number of hydrogen-bond acceptors (Lipinski definition) is 5. The van der Waals surface area contributed by atoms with Crippen molar-refractivity contribution in [1.82, 2.24) is 10.2 Å². The van der Waals surface area contributed by atoms with Crippen LogP contribution in [0.15, 0.2) is 11.1 Å². The smallest absolute Gasteiger partial charge is 0.333 e. The van der Waals surface area contributed by atoms with Gasteiger partial charge < -0.3 is 10.1 Å². The van der Waals surface area contributed by atoms with E-state index in [2.05, 4.69) is 12.2 Å². The highest BCUT2D eigenvalue weighted by Crippen LogP contribution is 2.61. The molecule has 5 aliphatic rings. The second kappa shape index (κ2) is 7.73. The summed E-state index contributed by atoms with van der Waals surface area (Å²) in [6.07, 6.45) is 9.13. The van der Waals surface area contributed by atoms with Crippen LogP contribution in [0, 0.1) is 23.2 Å². The Morgan fingerprint density at radius 2 is 1.86 bits per heavy atom. The van der Waals surface area contributed by atoms with Crippen LogP contribution in [0.4, 0.5) is 0 Å². The number of hydrogen-bond donors (Lipinski definition) is 1. The predicted molar refractivity (Wildman–Crippen MR) is 107 cm³/mol. The molecule has 7 heteroatoms. The molecule has 0 aromatic heterocycles. The van der Waals surface area contributed by atoms with Crippen LogP contribution in [-0.4, -0.2) is 47.6 Å². The maximum Gasteiger partial charge on any atom is 0.333 e. The highest BCUT2D eigenvalue weighted by molar-refractivity contribution is 8.04. The Kier molecular flexibility index (Phi) is 5.47. The Bertz CT molecular complexity index is 669. The van der Waals surface area contributed by atoms with Crippen LogP contribution in [0.5, 0.6) is 0 Å². The summed E-state index contributed by atoms with van der Waals surface area (Å²) in [5, 5.41) is 3.70. The quantitative estimate of drug-likeness (QED) is 0.542. The summed E-state index contributed by atoms with van der Waals surface area (Å²) in [6.45, 7) is 4.12. The first-order valence-corrected chi connectivity index (χ1v) is 11.5. The fourth-order valence-corrected chi connectivity index (χ4v) is 7.21. The van der Waals surface area contributed by atoms with Crippen LogP contribution in [0.2, 0.25) is 0 Å². The fraction of sp³-hybridized carbons (Fsp3) is 0.762. The van der Waals surface area contributed by atoms with Crippen molar-refractivity contribution in [2.24, 2.45) is 23.2 Å². The number of nitrogens with one attached hydrogen (secondary N) is 1. The van der Waals surface area contributed by atoms with E-state index in [1.54, 1.807) is 6.92 Å². The van der Waals surface area contributed by atoms with E-state index in [9.17, 15) is 14.4 Å². The second-order valence-corrected chi connectivity index (χ2v) is 10.1. The van der Waals surface area contributed by atoms with E-state index in [-0.39, 0.29) is 42.2 Å². The topological polar surface area (TPSA) is 75.7 Å². The molecule has 0 aromatic rings. The third-order valence-electron chi connectivity index (χ3n) is 7.12. The summed E-state index contributed by atoms with van der Waals surface area (Å²) in [6, 6.07) is 0.122. The number of amides is 2. The van der Waals surface area contributed by atoms with Crippen LogP contribution < -0.4 is 5.32 Å². The van der Waals surface area contributed by atoms with Crippen molar-refractivity contribution < 1.29 is 19.1 Å². The number of esters is 1. The van der Waals surface area contributed by atoms with Gasteiger partial charge in [-0.25, -0.2) is 4.79 Å². The van der Waals surface area contributed by atoms with Crippen LogP contribution in [0.1, 0.15) is 52.4 Å². The van der Waals surface area contributed by atoms with Gasteiger partial charge in [-0.1, -0.05) is 11.8 Å². The van der Waals surface area contributed by atoms with Crippen molar-refractivity contribution in [2.45, 2.75) is 58.4 Å². The number of rotatable bonds is 6. The predicted octanol–water partition coefficient (Wildman–Crippen LogP) is 2.69. The average Bonchev–Trinajstić information content (AvgIpc) is 2.94. The summed E-state index contributed by atoms with van der Waals surface area (Å²) in [4.78, 5) is 38.1. The monoisotopic (exact) mass is 406 g/mol. The van der Waals surface area contributed by atoms with Crippen LogP contribution in [-0.2, 0) is 19.1 Å².